The van der Waals surface area contributed by atoms with Crippen molar-refractivity contribution in [3.05, 3.63) is 6.33 Å². The molecule has 0 radical (unpaired) electrons. The largest absolute Gasteiger partial charge is 0.394 e. The van der Waals surface area contributed by atoms with Crippen LogP contribution in [0.1, 0.15) is 52.2 Å². The lowest BCUT2D eigenvalue weighted by molar-refractivity contribution is -0.0511. The molecule has 3 rings (SSSR count). The van der Waals surface area contributed by atoms with Gasteiger partial charge in [0, 0.05) is 6.21 Å². The third kappa shape index (κ3) is 4.69. The molecule has 2 aromatic rings. The molecule has 2 aromatic heterocycles. The SMILES string of the molecule is CCCCC(CC)C/C=N\Nc1nc(N)c2ncn([C@@H]3O[C@H](CO)[C@@H](O)[C@H]3O)c2n1. The summed E-state index contributed by atoms with van der Waals surface area (Å²) in [4.78, 5) is 12.7. The van der Waals surface area contributed by atoms with E-state index >= 15 is 0 Å². The highest BCUT2D eigenvalue weighted by Gasteiger charge is 2.44. The van der Waals surface area contributed by atoms with E-state index in [1.165, 1.54) is 30.2 Å². The molecule has 1 unspecified atom stereocenters. The van der Waals surface area contributed by atoms with E-state index in [-0.39, 0.29) is 11.8 Å². The summed E-state index contributed by atoms with van der Waals surface area (Å²) in [5.74, 6) is 0.932. The predicted molar refractivity (Wildman–Crippen MR) is 113 cm³/mol. The average Bonchev–Trinajstić information content (AvgIpc) is 3.29. The molecule has 6 N–H and O–H groups in total. The van der Waals surface area contributed by atoms with E-state index in [1.807, 2.05) is 6.21 Å². The summed E-state index contributed by atoms with van der Waals surface area (Å²) in [6.45, 7) is 3.94. The van der Waals surface area contributed by atoms with Crippen LogP contribution in [0, 0.1) is 5.92 Å². The Labute approximate surface area is 175 Å². The number of hydrogen-bond donors (Lipinski definition) is 5. The standard InChI is InChI=1S/C19H31N7O4/c1-3-5-6-11(4-2)7-8-22-25-19-23-16(20)13-17(24-19)26(10-21-13)18-15(29)14(28)12(9-27)30-18/h8,10-12,14-15,18,27-29H,3-7,9H2,1-2H3,(H3,20,23,24,25)/b22-8-/t11?,12-,14-,15-,18-/m1/s1. The van der Waals surface area contributed by atoms with E-state index in [0.29, 0.717) is 17.1 Å². The Bertz CT molecular complexity index is 859. The number of aliphatic hydroxyl groups is 3. The van der Waals surface area contributed by atoms with Gasteiger partial charge in [-0.3, -0.25) is 4.57 Å². The van der Waals surface area contributed by atoms with Gasteiger partial charge in [0.2, 0.25) is 5.95 Å². The minimum absolute atomic E-state index is 0.151. The Morgan fingerprint density at radius 2 is 2.13 bits per heavy atom. The van der Waals surface area contributed by atoms with Gasteiger partial charge in [-0.05, 0) is 12.3 Å². The van der Waals surface area contributed by atoms with Crippen molar-refractivity contribution < 1.29 is 20.1 Å². The normalized spacial score (nSPS) is 25.4. The van der Waals surface area contributed by atoms with Gasteiger partial charge in [-0.15, -0.1) is 0 Å². The molecule has 30 heavy (non-hydrogen) atoms. The molecule has 166 valence electrons. The number of aliphatic hydroxyl groups excluding tert-OH is 3. The van der Waals surface area contributed by atoms with E-state index in [0.717, 1.165) is 12.8 Å². The number of imidazole rings is 1. The highest BCUT2D eigenvalue weighted by atomic mass is 16.6. The first-order valence-electron chi connectivity index (χ1n) is 10.4. The number of nitrogens with zero attached hydrogens (tertiary/aromatic N) is 5. The van der Waals surface area contributed by atoms with Gasteiger partial charge in [0.25, 0.3) is 0 Å². The van der Waals surface area contributed by atoms with Gasteiger partial charge in [-0.25, -0.2) is 10.4 Å². The van der Waals surface area contributed by atoms with Crippen molar-refractivity contribution in [1.29, 1.82) is 0 Å². The molecule has 3 heterocycles. The minimum Gasteiger partial charge on any atom is -0.394 e. The number of unbranched alkanes of at least 4 members (excludes halogenated alkanes) is 1. The molecule has 11 heteroatoms. The minimum atomic E-state index is -1.25. The van der Waals surface area contributed by atoms with Crippen molar-refractivity contribution in [2.24, 2.45) is 11.0 Å². The van der Waals surface area contributed by atoms with Gasteiger partial charge >= 0.3 is 0 Å². The van der Waals surface area contributed by atoms with Crippen molar-refractivity contribution in [3.63, 3.8) is 0 Å². The summed E-state index contributed by atoms with van der Waals surface area (Å²) in [5, 5.41) is 33.8. The maximum atomic E-state index is 10.3. The van der Waals surface area contributed by atoms with Crippen molar-refractivity contribution >= 4 is 29.1 Å². The summed E-state index contributed by atoms with van der Waals surface area (Å²) in [5.41, 5.74) is 9.46. The van der Waals surface area contributed by atoms with Crippen LogP contribution in [0.3, 0.4) is 0 Å². The van der Waals surface area contributed by atoms with Crippen LogP contribution in [0.5, 0.6) is 0 Å². The van der Waals surface area contributed by atoms with E-state index < -0.39 is 31.1 Å². The summed E-state index contributed by atoms with van der Waals surface area (Å²) >= 11 is 0. The lowest BCUT2D eigenvalue weighted by atomic mass is 9.97. The number of hydrazone groups is 1. The van der Waals surface area contributed by atoms with Crippen LogP contribution in [-0.4, -0.2) is 66.0 Å². The van der Waals surface area contributed by atoms with Gasteiger partial charge in [-0.1, -0.05) is 39.5 Å². The summed E-state index contributed by atoms with van der Waals surface area (Å²) in [6.07, 6.45) is 4.42. The molecule has 5 atom stereocenters. The Morgan fingerprint density at radius 1 is 1.33 bits per heavy atom. The Kier molecular flexibility index (Phi) is 7.53. The topological polar surface area (TPSA) is 164 Å². The Morgan fingerprint density at radius 3 is 2.80 bits per heavy atom. The molecule has 0 saturated carbocycles. The van der Waals surface area contributed by atoms with E-state index in [9.17, 15) is 15.3 Å². The van der Waals surface area contributed by atoms with Crippen molar-refractivity contribution in [2.75, 3.05) is 17.8 Å². The van der Waals surface area contributed by atoms with Crippen LogP contribution in [0.2, 0.25) is 0 Å². The summed E-state index contributed by atoms with van der Waals surface area (Å²) in [7, 11) is 0. The first-order valence-corrected chi connectivity index (χ1v) is 10.4. The molecule has 0 amide bonds. The zero-order valence-corrected chi connectivity index (χ0v) is 17.3. The highest BCUT2D eigenvalue weighted by molar-refractivity contribution is 5.83. The number of nitrogen functional groups attached to an aromatic ring is 1. The van der Waals surface area contributed by atoms with Gasteiger partial charge in [0.05, 0.1) is 12.9 Å². The quantitative estimate of drug-likeness (QED) is 0.278. The highest BCUT2D eigenvalue weighted by Crippen LogP contribution is 2.32. The first-order chi connectivity index (χ1) is 14.5. The number of nitrogens with two attached hydrogens (primary N) is 1. The van der Waals surface area contributed by atoms with Crippen molar-refractivity contribution in [2.45, 2.75) is 70.5 Å². The van der Waals surface area contributed by atoms with Crippen LogP contribution in [0.25, 0.3) is 11.2 Å². The average molecular weight is 422 g/mol. The molecule has 1 aliphatic heterocycles. The molecular formula is C19H31N7O4. The second kappa shape index (κ2) is 10.1. The number of fused-ring (bicyclic) bond motifs is 1. The summed E-state index contributed by atoms with van der Waals surface area (Å²) in [6, 6.07) is 0. The maximum Gasteiger partial charge on any atom is 0.247 e. The number of ether oxygens (including phenoxy) is 1. The number of aromatic nitrogens is 4. The first kappa shape index (κ1) is 22.3. The fourth-order valence-corrected chi connectivity index (χ4v) is 3.57. The Hall–Kier alpha value is -2.34. The molecule has 0 spiro atoms. The van der Waals surface area contributed by atoms with Crippen LogP contribution in [0.4, 0.5) is 11.8 Å². The summed E-state index contributed by atoms with van der Waals surface area (Å²) < 4.78 is 7.02. The molecule has 0 bridgehead atoms. The van der Waals surface area contributed by atoms with E-state index in [2.05, 4.69) is 39.3 Å². The second-order valence-corrected chi connectivity index (χ2v) is 7.56. The van der Waals surface area contributed by atoms with Crippen molar-refractivity contribution in [1.82, 2.24) is 19.5 Å². The number of anilines is 2. The number of nitrogens with one attached hydrogen (secondary N) is 1. The number of rotatable bonds is 10. The second-order valence-electron chi connectivity index (χ2n) is 7.56. The zero-order valence-electron chi connectivity index (χ0n) is 17.3. The monoisotopic (exact) mass is 421 g/mol. The fraction of sp³-hybridized carbons (Fsp3) is 0.684. The lowest BCUT2D eigenvalue weighted by Gasteiger charge is -2.16. The molecule has 1 saturated heterocycles. The van der Waals surface area contributed by atoms with Gasteiger partial charge in [0.1, 0.15) is 23.8 Å². The van der Waals surface area contributed by atoms with Crippen LogP contribution in [-0.2, 0) is 4.74 Å². The lowest BCUT2D eigenvalue weighted by Crippen LogP contribution is -2.33. The van der Waals surface area contributed by atoms with E-state index in [1.54, 1.807) is 0 Å². The zero-order chi connectivity index (χ0) is 21.7. The van der Waals surface area contributed by atoms with E-state index in [4.69, 9.17) is 10.5 Å². The molecule has 11 nitrogen and oxygen atoms in total. The third-order valence-corrected chi connectivity index (χ3v) is 5.48. The van der Waals surface area contributed by atoms with Crippen LogP contribution in [0.15, 0.2) is 11.4 Å². The fourth-order valence-electron chi connectivity index (χ4n) is 3.57. The third-order valence-electron chi connectivity index (χ3n) is 5.48. The van der Waals surface area contributed by atoms with Gasteiger partial charge in [0.15, 0.2) is 17.7 Å². The van der Waals surface area contributed by atoms with Crippen LogP contribution < -0.4 is 11.2 Å². The van der Waals surface area contributed by atoms with Gasteiger partial charge < -0.3 is 25.8 Å². The predicted octanol–water partition coefficient (Wildman–Crippen LogP) is 1.02. The molecule has 0 aromatic carbocycles. The maximum absolute atomic E-state index is 10.3. The molecule has 1 aliphatic rings. The smallest absolute Gasteiger partial charge is 0.247 e. The van der Waals surface area contributed by atoms with Crippen molar-refractivity contribution in [3.8, 4) is 0 Å². The molecule has 1 fully saturated rings. The van der Waals surface area contributed by atoms with Gasteiger partial charge in [-0.2, -0.15) is 15.1 Å². The van der Waals surface area contributed by atoms with Crippen LogP contribution >= 0.6 is 0 Å². The number of hydrogen-bond acceptors (Lipinski definition) is 10. The molecule has 0 aliphatic carbocycles. The Balaban J connectivity index is 1.75. The molecular weight excluding hydrogens is 390 g/mol.